The minimum atomic E-state index is -3.83. The molecule has 3 N–H and O–H groups in total. The molecule has 2 aliphatic heterocycles. The van der Waals surface area contributed by atoms with Crippen molar-refractivity contribution in [3.8, 4) is 0 Å². The van der Waals surface area contributed by atoms with Crippen molar-refractivity contribution in [2.45, 2.75) is 35.4 Å². The topological polar surface area (TPSA) is 108 Å². The second-order valence-electron chi connectivity index (χ2n) is 8.24. The molecular weight excluding hydrogens is 460 g/mol. The van der Waals surface area contributed by atoms with Crippen LogP contribution in [0.1, 0.15) is 18.4 Å². The third-order valence-corrected chi connectivity index (χ3v) is 8.89. The molecule has 2 aliphatic rings. The van der Waals surface area contributed by atoms with Crippen LogP contribution in [0.15, 0.2) is 53.4 Å². The van der Waals surface area contributed by atoms with Gasteiger partial charge in [0, 0.05) is 31.0 Å². The molecule has 2 heterocycles. The van der Waals surface area contributed by atoms with Crippen molar-refractivity contribution >= 4 is 44.8 Å². The maximum Gasteiger partial charge on any atom is 0.241 e. The summed E-state index contributed by atoms with van der Waals surface area (Å²) >= 11 is 1.20. The minimum absolute atomic E-state index is 0.0146. The van der Waals surface area contributed by atoms with E-state index >= 15 is 0 Å². The van der Waals surface area contributed by atoms with Crippen LogP contribution in [0, 0.1) is 6.92 Å². The largest absolute Gasteiger partial charge is 0.372 e. The smallest absolute Gasteiger partial charge is 0.241 e. The molecule has 2 atom stereocenters. The number of hydrogen-bond acceptors (Lipinski definition) is 7. The van der Waals surface area contributed by atoms with Gasteiger partial charge in [-0.3, -0.25) is 14.9 Å². The molecule has 0 bridgehead atoms. The number of carbonyl (C=O) groups is 2. The van der Waals surface area contributed by atoms with E-state index in [1.165, 1.54) is 11.8 Å². The molecule has 8 nitrogen and oxygen atoms in total. The number of thioether (sulfide) groups is 1. The molecule has 0 aliphatic carbocycles. The summed E-state index contributed by atoms with van der Waals surface area (Å²) in [6.07, 6.45) is 2.28. The number of nitrogens with zero attached hydrogens (tertiary/aromatic N) is 1. The Labute approximate surface area is 198 Å². The molecule has 10 heteroatoms. The normalized spacial score (nSPS) is 21.0. The van der Waals surface area contributed by atoms with Crippen LogP contribution in [0.4, 0.5) is 11.4 Å². The van der Waals surface area contributed by atoms with Crippen molar-refractivity contribution in [3.05, 3.63) is 54.1 Å². The quantitative estimate of drug-likeness (QED) is 0.548. The lowest BCUT2D eigenvalue weighted by molar-refractivity contribution is -0.122. The van der Waals surface area contributed by atoms with E-state index in [0.717, 1.165) is 37.2 Å². The third-order valence-electron chi connectivity index (χ3n) is 5.78. The van der Waals surface area contributed by atoms with Crippen LogP contribution in [0.2, 0.25) is 0 Å². The van der Waals surface area contributed by atoms with Gasteiger partial charge in [0.25, 0.3) is 0 Å². The molecule has 2 aromatic carbocycles. The molecule has 2 fully saturated rings. The molecule has 0 spiro atoms. The van der Waals surface area contributed by atoms with Gasteiger partial charge in [0.05, 0.1) is 10.6 Å². The second-order valence-corrected chi connectivity index (χ2v) is 11.5. The number of nitrogens with one attached hydrogen (secondary N) is 3. The first-order valence-corrected chi connectivity index (χ1v) is 13.5. The van der Waals surface area contributed by atoms with Gasteiger partial charge in [-0.15, -0.1) is 11.8 Å². The lowest BCUT2D eigenvalue weighted by atomic mass is 10.2. The minimum Gasteiger partial charge on any atom is -0.372 e. The van der Waals surface area contributed by atoms with Crippen molar-refractivity contribution < 1.29 is 18.0 Å². The third kappa shape index (κ3) is 5.69. The van der Waals surface area contributed by atoms with Crippen LogP contribution in [0.25, 0.3) is 0 Å². The molecule has 0 saturated carbocycles. The van der Waals surface area contributed by atoms with E-state index in [1.807, 2.05) is 31.2 Å². The van der Waals surface area contributed by atoms with Gasteiger partial charge in [0.2, 0.25) is 11.8 Å². The van der Waals surface area contributed by atoms with Crippen LogP contribution >= 0.6 is 11.8 Å². The summed E-state index contributed by atoms with van der Waals surface area (Å²) < 4.78 is 26.1. The SMILES string of the molecule is Cc1ccc(NC(=O)CSC2NCC(S(=O)(=O)c3ccc(N4CCCC4)cc3)C(=O)N2)cc1. The predicted octanol–water partition coefficient (Wildman–Crippen LogP) is 2.11. The first kappa shape index (κ1) is 23.6. The van der Waals surface area contributed by atoms with Crippen molar-refractivity contribution in [1.29, 1.82) is 0 Å². The predicted molar refractivity (Wildman–Crippen MR) is 131 cm³/mol. The number of sulfone groups is 1. The highest BCUT2D eigenvalue weighted by atomic mass is 32.2. The standard InChI is InChI=1S/C23H28N4O4S2/c1-16-4-6-17(7-5-16)25-21(28)15-32-23-24-14-20(22(29)26-23)33(30,31)19-10-8-18(9-11-19)27-12-2-3-13-27/h4-11,20,23-24H,2-3,12-15H2,1H3,(H,25,28)(H,26,29). The highest BCUT2D eigenvalue weighted by Crippen LogP contribution is 2.25. The van der Waals surface area contributed by atoms with Gasteiger partial charge in [-0.2, -0.15) is 0 Å². The Hall–Kier alpha value is -2.56. The molecule has 0 aromatic heterocycles. The van der Waals surface area contributed by atoms with E-state index < -0.39 is 26.5 Å². The fourth-order valence-electron chi connectivity index (χ4n) is 3.91. The molecule has 2 saturated heterocycles. The summed E-state index contributed by atoms with van der Waals surface area (Å²) in [5.74, 6) is -0.650. The summed E-state index contributed by atoms with van der Waals surface area (Å²) in [4.78, 5) is 27.2. The summed E-state index contributed by atoms with van der Waals surface area (Å²) in [6, 6.07) is 14.2. The van der Waals surface area contributed by atoms with E-state index in [4.69, 9.17) is 0 Å². The number of benzene rings is 2. The first-order chi connectivity index (χ1) is 15.8. The fraction of sp³-hybridized carbons (Fsp3) is 0.391. The Morgan fingerprint density at radius 3 is 2.39 bits per heavy atom. The van der Waals surface area contributed by atoms with Gasteiger partial charge >= 0.3 is 0 Å². The van der Waals surface area contributed by atoms with Gasteiger partial charge < -0.3 is 15.5 Å². The zero-order valence-corrected chi connectivity index (χ0v) is 20.0. The van der Waals surface area contributed by atoms with E-state index in [-0.39, 0.29) is 23.1 Å². The molecule has 176 valence electrons. The highest BCUT2D eigenvalue weighted by molar-refractivity contribution is 8.00. The fourth-order valence-corrected chi connectivity index (χ4v) is 6.22. The van der Waals surface area contributed by atoms with Crippen molar-refractivity contribution in [3.63, 3.8) is 0 Å². The average Bonchev–Trinajstić information content (AvgIpc) is 3.34. The van der Waals surface area contributed by atoms with Crippen LogP contribution in [0.5, 0.6) is 0 Å². The van der Waals surface area contributed by atoms with Gasteiger partial charge in [-0.1, -0.05) is 17.7 Å². The van der Waals surface area contributed by atoms with Crippen molar-refractivity contribution in [1.82, 2.24) is 10.6 Å². The Bertz CT molecular complexity index is 1100. The number of carbonyl (C=O) groups excluding carboxylic acids is 2. The number of anilines is 2. The number of amides is 2. The van der Waals surface area contributed by atoms with E-state index in [0.29, 0.717) is 5.69 Å². The van der Waals surface area contributed by atoms with Crippen LogP contribution in [-0.2, 0) is 19.4 Å². The van der Waals surface area contributed by atoms with E-state index in [9.17, 15) is 18.0 Å². The van der Waals surface area contributed by atoms with Gasteiger partial charge in [0.15, 0.2) is 15.1 Å². The highest BCUT2D eigenvalue weighted by Gasteiger charge is 2.38. The molecule has 0 radical (unpaired) electrons. The Balaban J connectivity index is 1.30. The Morgan fingerprint density at radius 1 is 1.09 bits per heavy atom. The summed E-state index contributed by atoms with van der Waals surface area (Å²) in [7, 11) is -3.83. The van der Waals surface area contributed by atoms with Crippen molar-refractivity contribution in [2.24, 2.45) is 0 Å². The zero-order chi connectivity index (χ0) is 23.4. The van der Waals surface area contributed by atoms with Gasteiger partial charge in [0.1, 0.15) is 5.50 Å². The second kappa shape index (κ2) is 10.1. The van der Waals surface area contributed by atoms with Gasteiger partial charge in [-0.25, -0.2) is 8.42 Å². The summed E-state index contributed by atoms with van der Waals surface area (Å²) in [6.45, 7) is 3.90. The summed E-state index contributed by atoms with van der Waals surface area (Å²) in [5, 5.41) is 7.28. The van der Waals surface area contributed by atoms with Crippen molar-refractivity contribution in [2.75, 3.05) is 35.6 Å². The number of hydrogen-bond donors (Lipinski definition) is 3. The average molecular weight is 489 g/mol. The van der Waals surface area contributed by atoms with E-state index in [1.54, 1.807) is 24.3 Å². The molecule has 33 heavy (non-hydrogen) atoms. The molecule has 2 aromatic rings. The Kier molecular flexibility index (Phi) is 7.26. The van der Waals surface area contributed by atoms with Crippen LogP contribution < -0.4 is 20.9 Å². The van der Waals surface area contributed by atoms with Crippen LogP contribution in [0.3, 0.4) is 0 Å². The number of rotatable bonds is 7. The maximum atomic E-state index is 13.0. The molecule has 2 amide bonds. The zero-order valence-electron chi connectivity index (χ0n) is 18.4. The molecular formula is C23H28N4O4S2. The molecule has 2 unspecified atom stereocenters. The lowest BCUT2D eigenvalue weighted by Crippen LogP contribution is -2.59. The Morgan fingerprint density at radius 2 is 1.76 bits per heavy atom. The lowest BCUT2D eigenvalue weighted by Gasteiger charge is -2.29. The van der Waals surface area contributed by atoms with Crippen LogP contribution in [-0.4, -0.2) is 56.4 Å². The van der Waals surface area contributed by atoms with E-state index in [2.05, 4.69) is 20.9 Å². The maximum absolute atomic E-state index is 13.0. The first-order valence-electron chi connectivity index (χ1n) is 10.9. The number of aryl methyl sites for hydroxylation is 1. The summed E-state index contributed by atoms with van der Waals surface area (Å²) in [5.41, 5.74) is 2.26. The molecule has 4 rings (SSSR count). The van der Waals surface area contributed by atoms with Gasteiger partial charge in [-0.05, 0) is 56.2 Å². The monoisotopic (exact) mass is 488 g/mol.